The van der Waals surface area contributed by atoms with Crippen LogP contribution >= 0.6 is 0 Å². The zero-order valence-electron chi connectivity index (χ0n) is 15.2. The van der Waals surface area contributed by atoms with E-state index in [0.717, 1.165) is 0 Å². The molecule has 0 radical (unpaired) electrons. The number of carbonyl (C=O) groups is 2. The first-order valence-electron chi connectivity index (χ1n) is 8.32. The minimum Gasteiger partial charge on any atom is -0.399 e. The minimum atomic E-state index is -0.590. The summed E-state index contributed by atoms with van der Waals surface area (Å²) in [6, 6.07) is 16.0. The number of nitrogens with two attached hydrogens (primary N) is 1. The van der Waals surface area contributed by atoms with E-state index >= 15 is 0 Å². The van der Waals surface area contributed by atoms with Gasteiger partial charge >= 0.3 is 11.8 Å². The van der Waals surface area contributed by atoms with E-state index in [1.54, 1.807) is 41.3 Å². The van der Waals surface area contributed by atoms with Gasteiger partial charge in [-0.15, -0.1) is 0 Å². The Bertz CT molecular complexity index is 734. The summed E-state index contributed by atoms with van der Waals surface area (Å²) < 4.78 is 0. The smallest absolute Gasteiger partial charge is 0.321 e. The van der Waals surface area contributed by atoms with Crippen molar-refractivity contribution in [3.8, 4) is 0 Å². The van der Waals surface area contributed by atoms with E-state index < -0.39 is 17.4 Å². The molecular formula is C20H25N3O2. The van der Waals surface area contributed by atoms with Crippen molar-refractivity contribution in [3.63, 3.8) is 0 Å². The number of nitrogens with zero attached hydrogens (tertiary/aromatic N) is 2. The molecule has 0 atom stereocenters. The Kier molecular flexibility index (Phi) is 5.47. The summed E-state index contributed by atoms with van der Waals surface area (Å²) in [4.78, 5) is 29.0. The lowest BCUT2D eigenvalue weighted by Gasteiger charge is -2.35. The van der Waals surface area contributed by atoms with Gasteiger partial charge in [-0.2, -0.15) is 0 Å². The predicted octanol–water partition coefficient (Wildman–Crippen LogP) is 3.58. The van der Waals surface area contributed by atoms with Gasteiger partial charge < -0.3 is 10.6 Å². The Morgan fingerprint density at radius 2 is 1.40 bits per heavy atom. The molecule has 132 valence electrons. The molecule has 2 N–H and O–H groups in total. The molecule has 0 unspecified atom stereocenters. The zero-order valence-corrected chi connectivity index (χ0v) is 15.2. The number of hydrogen-bond donors (Lipinski definition) is 1. The Labute approximate surface area is 149 Å². The third-order valence-corrected chi connectivity index (χ3v) is 3.92. The molecule has 2 aromatic rings. The molecule has 0 aliphatic heterocycles. The number of benzene rings is 2. The van der Waals surface area contributed by atoms with Gasteiger partial charge in [-0.1, -0.05) is 18.2 Å². The average Bonchev–Trinajstić information content (AvgIpc) is 2.57. The molecule has 0 heterocycles. The van der Waals surface area contributed by atoms with Crippen LogP contribution in [0.4, 0.5) is 17.1 Å². The fraction of sp³-hybridized carbons (Fsp3) is 0.300. The van der Waals surface area contributed by atoms with Crippen molar-refractivity contribution in [2.24, 2.45) is 0 Å². The van der Waals surface area contributed by atoms with Crippen LogP contribution in [-0.4, -0.2) is 28.8 Å². The lowest BCUT2D eigenvalue weighted by Crippen LogP contribution is -2.51. The summed E-state index contributed by atoms with van der Waals surface area (Å²) in [5.41, 5.74) is 7.14. The SMILES string of the molecule is CCN(C(=O)C(=O)N(c1ccccc1)c1ccc(N)cc1)C(C)(C)C. The van der Waals surface area contributed by atoms with Crippen LogP contribution in [0.5, 0.6) is 0 Å². The Morgan fingerprint density at radius 3 is 1.88 bits per heavy atom. The second kappa shape index (κ2) is 7.38. The van der Waals surface area contributed by atoms with Gasteiger partial charge in [-0.3, -0.25) is 14.5 Å². The molecule has 0 aromatic heterocycles. The summed E-state index contributed by atoms with van der Waals surface area (Å²) in [6.45, 7) is 8.07. The molecule has 2 amide bonds. The van der Waals surface area contributed by atoms with E-state index in [1.165, 1.54) is 4.90 Å². The fourth-order valence-corrected chi connectivity index (χ4v) is 2.72. The molecule has 25 heavy (non-hydrogen) atoms. The van der Waals surface area contributed by atoms with Gasteiger partial charge in [0.25, 0.3) is 0 Å². The standard InChI is InChI=1S/C20H25N3O2/c1-5-22(20(2,3)4)18(24)19(25)23(16-9-7-6-8-10-16)17-13-11-15(21)12-14-17/h6-14H,5,21H2,1-4H3. The van der Waals surface area contributed by atoms with Crippen LogP contribution in [0.2, 0.25) is 0 Å². The van der Waals surface area contributed by atoms with E-state index in [4.69, 9.17) is 5.73 Å². The number of carbonyl (C=O) groups excluding carboxylic acids is 2. The normalized spacial score (nSPS) is 11.0. The molecule has 0 saturated heterocycles. The zero-order chi connectivity index (χ0) is 18.6. The van der Waals surface area contributed by atoms with Crippen molar-refractivity contribution in [3.05, 3.63) is 54.6 Å². The number of hydrogen-bond acceptors (Lipinski definition) is 3. The van der Waals surface area contributed by atoms with Gasteiger partial charge in [0.15, 0.2) is 0 Å². The average molecular weight is 339 g/mol. The number of para-hydroxylation sites is 1. The van der Waals surface area contributed by atoms with Gasteiger partial charge in [-0.25, -0.2) is 0 Å². The van der Waals surface area contributed by atoms with Gasteiger partial charge in [0.1, 0.15) is 0 Å². The highest BCUT2D eigenvalue weighted by Gasteiger charge is 2.33. The fourth-order valence-electron chi connectivity index (χ4n) is 2.72. The lowest BCUT2D eigenvalue weighted by molar-refractivity contribution is -0.147. The van der Waals surface area contributed by atoms with Crippen LogP contribution in [0.1, 0.15) is 27.7 Å². The van der Waals surface area contributed by atoms with Crippen molar-refractivity contribution in [2.75, 3.05) is 17.2 Å². The molecule has 2 aromatic carbocycles. The maximum absolute atomic E-state index is 13.1. The summed E-state index contributed by atoms with van der Waals surface area (Å²) in [7, 11) is 0. The van der Waals surface area contributed by atoms with Crippen LogP contribution < -0.4 is 10.6 Å². The van der Waals surface area contributed by atoms with Gasteiger partial charge in [0, 0.05) is 29.1 Å². The van der Waals surface area contributed by atoms with Crippen LogP contribution in [-0.2, 0) is 9.59 Å². The van der Waals surface area contributed by atoms with Crippen LogP contribution in [0.15, 0.2) is 54.6 Å². The quantitative estimate of drug-likeness (QED) is 0.686. The summed E-state index contributed by atoms with van der Waals surface area (Å²) in [5.74, 6) is -1.12. The molecule has 2 rings (SSSR count). The van der Waals surface area contributed by atoms with E-state index in [1.807, 2.05) is 45.9 Å². The Morgan fingerprint density at radius 1 is 0.880 bits per heavy atom. The first kappa shape index (κ1) is 18.5. The van der Waals surface area contributed by atoms with Crippen molar-refractivity contribution >= 4 is 28.9 Å². The first-order valence-corrected chi connectivity index (χ1v) is 8.32. The van der Waals surface area contributed by atoms with Gasteiger partial charge in [-0.05, 0) is 64.1 Å². The summed E-state index contributed by atoms with van der Waals surface area (Å²) in [6.07, 6.45) is 0. The van der Waals surface area contributed by atoms with Gasteiger partial charge in [0.05, 0.1) is 0 Å². The maximum Gasteiger partial charge on any atom is 0.321 e. The number of nitrogen functional groups attached to an aromatic ring is 1. The predicted molar refractivity (Wildman–Crippen MR) is 102 cm³/mol. The van der Waals surface area contributed by atoms with Crippen molar-refractivity contribution < 1.29 is 9.59 Å². The van der Waals surface area contributed by atoms with Crippen molar-refractivity contribution in [1.29, 1.82) is 0 Å². The third-order valence-electron chi connectivity index (χ3n) is 3.92. The van der Waals surface area contributed by atoms with E-state index in [9.17, 15) is 9.59 Å². The molecule has 5 nitrogen and oxygen atoms in total. The first-order chi connectivity index (χ1) is 11.8. The van der Waals surface area contributed by atoms with Crippen LogP contribution in [0.25, 0.3) is 0 Å². The topological polar surface area (TPSA) is 66.6 Å². The molecule has 5 heteroatoms. The van der Waals surface area contributed by atoms with Crippen LogP contribution in [0, 0.1) is 0 Å². The lowest BCUT2D eigenvalue weighted by atomic mass is 10.1. The molecule has 0 bridgehead atoms. The largest absolute Gasteiger partial charge is 0.399 e. The number of anilines is 3. The van der Waals surface area contributed by atoms with Crippen molar-refractivity contribution in [2.45, 2.75) is 33.2 Å². The monoisotopic (exact) mass is 339 g/mol. The Hall–Kier alpha value is -2.82. The number of rotatable bonds is 3. The second-order valence-electron chi connectivity index (χ2n) is 6.79. The minimum absolute atomic E-state index is 0.440. The Balaban J connectivity index is 2.47. The van der Waals surface area contributed by atoms with Crippen molar-refractivity contribution in [1.82, 2.24) is 4.90 Å². The van der Waals surface area contributed by atoms with Crippen LogP contribution in [0.3, 0.4) is 0 Å². The maximum atomic E-state index is 13.1. The van der Waals surface area contributed by atoms with E-state index in [-0.39, 0.29) is 0 Å². The summed E-state index contributed by atoms with van der Waals surface area (Å²) >= 11 is 0. The number of likely N-dealkylation sites (N-methyl/N-ethyl adjacent to an activating group) is 1. The number of amides is 2. The second-order valence-corrected chi connectivity index (χ2v) is 6.79. The van der Waals surface area contributed by atoms with E-state index in [0.29, 0.717) is 23.6 Å². The molecule has 0 spiro atoms. The summed E-state index contributed by atoms with van der Waals surface area (Å²) in [5, 5.41) is 0. The highest BCUT2D eigenvalue weighted by Crippen LogP contribution is 2.27. The molecular weight excluding hydrogens is 314 g/mol. The molecule has 0 aliphatic carbocycles. The van der Waals surface area contributed by atoms with Gasteiger partial charge in [0.2, 0.25) is 0 Å². The molecule has 0 saturated carbocycles. The molecule has 0 fully saturated rings. The molecule has 0 aliphatic rings. The van der Waals surface area contributed by atoms with E-state index in [2.05, 4.69) is 0 Å². The third kappa shape index (κ3) is 4.18. The highest BCUT2D eigenvalue weighted by molar-refractivity contribution is 6.42. The highest BCUT2D eigenvalue weighted by atomic mass is 16.2.